The average Bonchev–Trinajstić information content (AvgIpc) is 2.62. The van der Waals surface area contributed by atoms with E-state index in [0.717, 1.165) is 25.7 Å². The van der Waals surface area contributed by atoms with E-state index in [4.69, 9.17) is 14.9 Å². The molecule has 7 nitrogen and oxygen atoms in total. The molecule has 0 heterocycles. The van der Waals surface area contributed by atoms with Crippen LogP contribution in [0.2, 0.25) is 0 Å². The highest BCUT2D eigenvalue weighted by Gasteiger charge is 2.16. The first-order valence-corrected chi connectivity index (χ1v) is 8.23. The second kappa shape index (κ2) is 14.0. The fraction of sp³-hybridized carbons (Fsp3) is 0.500. The van der Waals surface area contributed by atoms with Crippen molar-refractivity contribution in [3.05, 3.63) is 35.4 Å². The summed E-state index contributed by atoms with van der Waals surface area (Å²) < 4.78 is 9.50. The number of esters is 2. The van der Waals surface area contributed by atoms with Crippen LogP contribution in [0.15, 0.2) is 24.3 Å². The summed E-state index contributed by atoms with van der Waals surface area (Å²) in [6.07, 6.45) is 3.57. The maximum Gasteiger partial charge on any atom is 0.339 e. The van der Waals surface area contributed by atoms with Crippen molar-refractivity contribution in [2.75, 3.05) is 19.8 Å². The number of benzene rings is 1. The monoisotopic (exact) mass is 354 g/mol. The molecule has 0 spiro atoms. The summed E-state index contributed by atoms with van der Waals surface area (Å²) in [5.74, 6) is -2.24. The van der Waals surface area contributed by atoms with Crippen molar-refractivity contribution in [3.63, 3.8) is 0 Å². The molecule has 0 amide bonds. The molecule has 0 saturated carbocycles. The molecule has 0 aliphatic heterocycles. The quantitative estimate of drug-likeness (QED) is 0.518. The van der Waals surface area contributed by atoms with Crippen molar-refractivity contribution in [1.29, 1.82) is 0 Å². The van der Waals surface area contributed by atoms with Crippen LogP contribution in [-0.4, -0.2) is 47.9 Å². The predicted octanol–water partition coefficient (Wildman–Crippen LogP) is 2.66. The van der Waals surface area contributed by atoms with E-state index in [1.165, 1.54) is 12.1 Å². The standard InChI is InChI=1S/C12H14O4.C6H12O3/c1-2-3-8-16-12(15)10-7-5-4-6-9(10)11(13)14;1-2-3-4-9-6(8)5-7/h4-7H,2-3,8H2,1H3,(H,13,14);7H,2-5H2,1H3. The number of aliphatic hydroxyl groups is 1. The van der Waals surface area contributed by atoms with Crippen LogP contribution in [0.25, 0.3) is 0 Å². The second-order valence-electron chi connectivity index (χ2n) is 5.07. The summed E-state index contributed by atoms with van der Waals surface area (Å²) >= 11 is 0. The van der Waals surface area contributed by atoms with Gasteiger partial charge in [-0.25, -0.2) is 14.4 Å². The zero-order valence-electron chi connectivity index (χ0n) is 14.7. The molecule has 0 saturated heterocycles. The Hall–Kier alpha value is -2.41. The number of rotatable bonds is 9. The Morgan fingerprint density at radius 3 is 1.92 bits per heavy atom. The van der Waals surface area contributed by atoms with Crippen molar-refractivity contribution < 1.29 is 34.1 Å². The summed E-state index contributed by atoms with van der Waals surface area (Å²) in [4.78, 5) is 32.6. The Morgan fingerprint density at radius 2 is 1.44 bits per heavy atom. The first-order chi connectivity index (χ1) is 12.0. The summed E-state index contributed by atoms with van der Waals surface area (Å²) in [6.45, 7) is 4.23. The third-order valence-corrected chi connectivity index (χ3v) is 3.00. The van der Waals surface area contributed by atoms with Crippen LogP contribution in [0, 0.1) is 0 Å². The average molecular weight is 354 g/mol. The fourth-order valence-electron chi connectivity index (χ4n) is 1.61. The third kappa shape index (κ3) is 10.1. The molecule has 25 heavy (non-hydrogen) atoms. The SMILES string of the molecule is CCCCOC(=O)CO.CCCCOC(=O)c1ccccc1C(=O)O. The number of aliphatic hydroxyl groups excluding tert-OH is 1. The number of carbonyl (C=O) groups excluding carboxylic acids is 2. The number of carboxylic acid groups (broad SMARTS) is 1. The van der Waals surface area contributed by atoms with E-state index >= 15 is 0 Å². The molecule has 7 heteroatoms. The van der Waals surface area contributed by atoms with Gasteiger partial charge in [0.05, 0.1) is 24.3 Å². The number of carboxylic acids is 1. The number of hydrogen-bond donors (Lipinski definition) is 2. The number of aromatic carboxylic acids is 1. The Bertz CT molecular complexity index is 540. The van der Waals surface area contributed by atoms with Crippen molar-refractivity contribution in [2.24, 2.45) is 0 Å². The van der Waals surface area contributed by atoms with Crippen molar-refractivity contribution >= 4 is 17.9 Å². The van der Waals surface area contributed by atoms with E-state index in [-0.39, 0.29) is 11.1 Å². The van der Waals surface area contributed by atoms with Crippen molar-refractivity contribution in [3.8, 4) is 0 Å². The summed E-state index contributed by atoms with van der Waals surface area (Å²) in [5, 5.41) is 17.0. The number of ether oxygens (including phenoxy) is 2. The molecule has 0 radical (unpaired) electrons. The van der Waals surface area contributed by atoms with Crippen LogP contribution in [0.1, 0.15) is 60.2 Å². The Morgan fingerprint density at radius 1 is 0.920 bits per heavy atom. The molecular formula is C18H26O7. The van der Waals surface area contributed by atoms with Gasteiger partial charge in [-0.05, 0) is 25.0 Å². The largest absolute Gasteiger partial charge is 0.478 e. The Balaban J connectivity index is 0.000000547. The van der Waals surface area contributed by atoms with Crippen LogP contribution in [0.3, 0.4) is 0 Å². The molecule has 140 valence electrons. The summed E-state index contributed by atoms with van der Waals surface area (Å²) in [6, 6.07) is 6.03. The fourth-order valence-corrected chi connectivity index (χ4v) is 1.61. The lowest BCUT2D eigenvalue weighted by atomic mass is 10.1. The smallest absolute Gasteiger partial charge is 0.339 e. The minimum Gasteiger partial charge on any atom is -0.478 e. The van der Waals surface area contributed by atoms with Crippen LogP contribution in [0.5, 0.6) is 0 Å². The number of hydrogen-bond acceptors (Lipinski definition) is 6. The van der Waals surface area contributed by atoms with Crippen LogP contribution in [-0.2, 0) is 14.3 Å². The van der Waals surface area contributed by atoms with Crippen molar-refractivity contribution in [1.82, 2.24) is 0 Å². The topological polar surface area (TPSA) is 110 Å². The number of carbonyl (C=O) groups is 3. The molecular weight excluding hydrogens is 328 g/mol. The number of unbranched alkanes of at least 4 members (excludes halogenated alkanes) is 2. The van der Waals surface area contributed by atoms with Gasteiger partial charge < -0.3 is 19.7 Å². The first-order valence-electron chi connectivity index (χ1n) is 8.23. The van der Waals surface area contributed by atoms with E-state index in [9.17, 15) is 14.4 Å². The van der Waals surface area contributed by atoms with Crippen LogP contribution in [0.4, 0.5) is 0 Å². The Labute approximate surface area is 147 Å². The van der Waals surface area contributed by atoms with Gasteiger partial charge in [0.25, 0.3) is 0 Å². The molecule has 1 rings (SSSR count). The minimum absolute atomic E-state index is 0.0241. The maximum absolute atomic E-state index is 11.6. The molecule has 0 aromatic heterocycles. The van der Waals surface area contributed by atoms with Gasteiger partial charge >= 0.3 is 17.9 Å². The van der Waals surface area contributed by atoms with Gasteiger partial charge in [-0.3, -0.25) is 0 Å². The molecule has 1 aromatic carbocycles. The summed E-state index contributed by atoms with van der Waals surface area (Å²) in [7, 11) is 0. The summed E-state index contributed by atoms with van der Waals surface area (Å²) in [5.41, 5.74) is 0.0788. The van der Waals surface area contributed by atoms with Gasteiger partial charge in [-0.1, -0.05) is 38.8 Å². The molecule has 0 fully saturated rings. The van der Waals surface area contributed by atoms with Crippen LogP contribution >= 0.6 is 0 Å². The van der Waals surface area contributed by atoms with Gasteiger partial charge in [0.2, 0.25) is 0 Å². The van der Waals surface area contributed by atoms with E-state index in [2.05, 4.69) is 4.74 Å². The van der Waals surface area contributed by atoms with Crippen LogP contribution < -0.4 is 0 Å². The maximum atomic E-state index is 11.6. The lowest BCUT2D eigenvalue weighted by Crippen LogP contribution is -2.12. The molecule has 0 unspecified atom stereocenters. The highest BCUT2D eigenvalue weighted by atomic mass is 16.5. The highest BCUT2D eigenvalue weighted by molar-refractivity contribution is 6.02. The molecule has 2 N–H and O–H groups in total. The van der Waals surface area contributed by atoms with Gasteiger partial charge in [-0.15, -0.1) is 0 Å². The third-order valence-electron chi connectivity index (χ3n) is 3.00. The first kappa shape index (κ1) is 22.6. The zero-order valence-corrected chi connectivity index (χ0v) is 14.7. The van der Waals surface area contributed by atoms with E-state index in [1.807, 2.05) is 13.8 Å². The Kier molecular flexibility index (Phi) is 12.6. The van der Waals surface area contributed by atoms with Gasteiger partial charge in [0.1, 0.15) is 6.61 Å². The van der Waals surface area contributed by atoms with E-state index in [0.29, 0.717) is 13.2 Å². The normalized spacial score (nSPS) is 9.56. The predicted molar refractivity (Wildman–Crippen MR) is 91.5 cm³/mol. The lowest BCUT2D eigenvalue weighted by molar-refractivity contribution is -0.146. The molecule has 0 aliphatic carbocycles. The molecule has 1 aromatic rings. The van der Waals surface area contributed by atoms with Gasteiger partial charge in [0, 0.05) is 0 Å². The lowest BCUT2D eigenvalue weighted by Gasteiger charge is -2.06. The molecule has 0 atom stereocenters. The van der Waals surface area contributed by atoms with Gasteiger partial charge in [-0.2, -0.15) is 0 Å². The molecule has 0 aliphatic rings. The minimum atomic E-state index is -1.12. The molecule has 0 bridgehead atoms. The van der Waals surface area contributed by atoms with E-state index < -0.39 is 24.5 Å². The van der Waals surface area contributed by atoms with E-state index in [1.54, 1.807) is 12.1 Å². The second-order valence-corrected chi connectivity index (χ2v) is 5.07. The van der Waals surface area contributed by atoms with Crippen molar-refractivity contribution in [2.45, 2.75) is 39.5 Å². The highest BCUT2D eigenvalue weighted by Crippen LogP contribution is 2.10. The van der Waals surface area contributed by atoms with Gasteiger partial charge in [0.15, 0.2) is 0 Å². The zero-order chi connectivity index (χ0) is 19.1.